The number of ether oxygens (including phenoxy) is 4. The van der Waals surface area contributed by atoms with Crippen LogP contribution in [0.2, 0.25) is 0 Å². The van der Waals surface area contributed by atoms with Crippen LogP contribution in [-0.2, 0) is 19.1 Å². The van der Waals surface area contributed by atoms with Crippen LogP contribution in [0, 0.1) is 12.3 Å². The van der Waals surface area contributed by atoms with Gasteiger partial charge < -0.3 is 28.8 Å². The number of esters is 2. The third kappa shape index (κ3) is 3.41. The summed E-state index contributed by atoms with van der Waals surface area (Å²) in [6, 6.07) is 13.4. The van der Waals surface area contributed by atoms with Crippen molar-refractivity contribution >= 4 is 17.8 Å². The fourth-order valence-electron chi connectivity index (χ4n) is 5.02. The van der Waals surface area contributed by atoms with Gasteiger partial charge in [-0.15, -0.1) is 0 Å². The number of fused-ring (bicyclic) bond motifs is 1. The molecule has 0 bridgehead atoms. The molecule has 5 rings (SSSR count). The number of carbonyl (C=O) groups is 2. The van der Waals surface area contributed by atoms with Gasteiger partial charge in [0.15, 0.2) is 0 Å². The van der Waals surface area contributed by atoms with E-state index in [-0.39, 0.29) is 0 Å². The zero-order valence-corrected chi connectivity index (χ0v) is 20.1. The van der Waals surface area contributed by atoms with E-state index in [0.29, 0.717) is 39.8 Å². The number of methoxy groups -OCH3 is 2. The van der Waals surface area contributed by atoms with Crippen LogP contribution in [0.25, 0.3) is 0 Å². The van der Waals surface area contributed by atoms with E-state index in [1.807, 2.05) is 12.1 Å². The molecule has 1 N–H and O–H groups in total. The van der Waals surface area contributed by atoms with Crippen molar-refractivity contribution in [2.75, 3.05) is 19.5 Å². The predicted molar refractivity (Wildman–Crippen MR) is 124 cm³/mol. The number of benzene rings is 2. The number of nitrogens with one attached hydrogen (secondary N) is 1. The molecule has 1 aromatic heterocycles. The van der Waals surface area contributed by atoms with Gasteiger partial charge >= 0.3 is 11.9 Å². The van der Waals surface area contributed by atoms with Crippen LogP contribution in [0.1, 0.15) is 48.2 Å². The first-order chi connectivity index (χ1) is 16.7. The van der Waals surface area contributed by atoms with Crippen LogP contribution in [0.15, 0.2) is 53.1 Å². The summed E-state index contributed by atoms with van der Waals surface area (Å²) < 4.78 is 27.7. The van der Waals surface area contributed by atoms with Crippen LogP contribution in [0.4, 0.5) is 5.88 Å². The fourth-order valence-corrected chi connectivity index (χ4v) is 5.02. The molecule has 2 aliphatic heterocycles. The minimum absolute atomic E-state index is 0.375. The lowest BCUT2D eigenvalue weighted by atomic mass is 9.60. The first kappa shape index (κ1) is 22.8. The number of nitrogens with zero attached hydrogens (tertiary/aromatic N) is 1. The topological polar surface area (TPSA) is 109 Å². The van der Waals surface area contributed by atoms with E-state index in [1.165, 1.54) is 13.8 Å². The first-order valence-corrected chi connectivity index (χ1v) is 11.2. The lowest BCUT2D eigenvalue weighted by molar-refractivity contribution is -0.254. The Morgan fingerprint density at radius 3 is 1.89 bits per heavy atom. The molecule has 2 aliphatic rings. The van der Waals surface area contributed by atoms with Gasteiger partial charge in [-0.2, -0.15) is 0 Å². The highest BCUT2D eigenvalue weighted by atomic mass is 16.7. The predicted octanol–water partition coefficient (Wildman–Crippen LogP) is 4.12. The highest BCUT2D eigenvalue weighted by Gasteiger charge is 2.68. The molecule has 1 saturated heterocycles. The third-order valence-electron chi connectivity index (χ3n) is 6.63. The van der Waals surface area contributed by atoms with Crippen LogP contribution in [0.3, 0.4) is 0 Å². The van der Waals surface area contributed by atoms with Crippen molar-refractivity contribution in [2.24, 2.45) is 5.41 Å². The number of aromatic nitrogens is 1. The van der Waals surface area contributed by atoms with E-state index in [2.05, 4.69) is 10.5 Å². The highest BCUT2D eigenvalue weighted by Crippen LogP contribution is 2.59. The largest absolute Gasteiger partial charge is 0.497 e. The van der Waals surface area contributed by atoms with Crippen molar-refractivity contribution in [3.63, 3.8) is 0 Å². The average molecular weight is 479 g/mol. The summed E-state index contributed by atoms with van der Waals surface area (Å²) in [5.74, 6) is -1.95. The monoisotopic (exact) mass is 478 g/mol. The standard InChI is InChI=1S/C26H26N2O7/c1-14-19-20(15-6-10-17(31-4)11-7-15)26(23(29)33-25(2,3)34-24(26)30)21(27-22(19)35-28-14)16-8-12-18(32-5)13-9-16/h6-13,20-21,27H,1-5H3. The average Bonchev–Trinajstić information content (AvgIpc) is 3.21. The zero-order chi connectivity index (χ0) is 25.0. The Morgan fingerprint density at radius 1 is 0.857 bits per heavy atom. The maximum Gasteiger partial charge on any atom is 0.330 e. The molecular formula is C26H26N2O7. The second-order valence-electron chi connectivity index (χ2n) is 9.12. The minimum Gasteiger partial charge on any atom is -0.497 e. The molecule has 35 heavy (non-hydrogen) atoms. The molecule has 3 heterocycles. The molecule has 3 aromatic rings. The Balaban J connectivity index is 1.79. The summed E-state index contributed by atoms with van der Waals surface area (Å²) in [7, 11) is 3.14. The molecule has 1 fully saturated rings. The van der Waals surface area contributed by atoms with Crippen LogP contribution in [0.5, 0.6) is 11.5 Å². The smallest absolute Gasteiger partial charge is 0.330 e. The maximum absolute atomic E-state index is 14.0. The van der Waals surface area contributed by atoms with E-state index in [4.69, 9.17) is 23.5 Å². The Kier molecular flexibility index (Phi) is 5.23. The Morgan fingerprint density at radius 2 is 1.37 bits per heavy atom. The van der Waals surface area contributed by atoms with E-state index in [9.17, 15) is 9.59 Å². The van der Waals surface area contributed by atoms with E-state index in [0.717, 1.165) is 0 Å². The summed E-state index contributed by atoms with van der Waals surface area (Å²) in [5.41, 5.74) is 0.673. The normalized spacial score (nSPS) is 22.0. The van der Waals surface area contributed by atoms with Gasteiger partial charge in [0.2, 0.25) is 11.3 Å². The molecule has 0 saturated carbocycles. The first-order valence-electron chi connectivity index (χ1n) is 11.2. The number of aryl methyl sites for hydroxylation is 1. The lowest BCUT2D eigenvalue weighted by Gasteiger charge is -2.49. The second kappa shape index (κ2) is 8.04. The van der Waals surface area contributed by atoms with Gasteiger partial charge in [0, 0.05) is 25.3 Å². The van der Waals surface area contributed by atoms with Crippen LogP contribution < -0.4 is 14.8 Å². The molecule has 0 radical (unpaired) electrons. The van der Waals surface area contributed by atoms with Crippen molar-refractivity contribution in [1.29, 1.82) is 0 Å². The van der Waals surface area contributed by atoms with Gasteiger partial charge in [0.1, 0.15) is 11.5 Å². The summed E-state index contributed by atoms with van der Waals surface area (Å²) >= 11 is 0. The van der Waals surface area contributed by atoms with Gasteiger partial charge in [0.05, 0.1) is 26.0 Å². The van der Waals surface area contributed by atoms with E-state index < -0.39 is 35.1 Å². The SMILES string of the molecule is COc1ccc(C2Nc3onc(C)c3C(c3ccc(OC)cc3)C23C(=O)OC(C)(C)OC3=O)cc1. The highest BCUT2D eigenvalue weighted by molar-refractivity contribution is 6.06. The van der Waals surface area contributed by atoms with Crippen LogP contribution >= 0.6 is 0 Å². The molecule has 2 atom stereocenters. The molecule has 2 aromatic carbocycles. The second-order valence-corrected chi connectivity index (χ2v) is 9.12. The number of anilines is 1. The zero-order valence-electron chi connectivity index (χ0n) is 20.1. The van der Waals surface area contributed by atoms with Crippen molar-refractivity contribution < 1.29 is 33.1 Å². The molecule has 1 spiro atoms. The number of cyclic esters (lactones) is 2. The molecule has 182 valence electrons. The third-order valence-corrected chi connectivity index (χ3v) is 6.63. The van der Waals surface area contributed by atoms with Gasteiger partial charge in [-0.25, -0.2) is 0 Å². The molecule has 0 amide bonds. The van der Waals surface area contributed by atoms with Crippen LogP contribution in [-0.4, -0.2) is 37.1 Å². The Labute approximate surface area is 202 Å². The van der Waals surface area contributed by atoms with E-state index in [1.54, 1.807) is 57.5 Å². The number of rotatable bonds is 4. The molecule has 0 aliphatic carbocycles. The van der Waals surface area contributed by atoms with Gasteiger partial charge in [-0.1, -0.05) is 29.4 Å². The van der Waals surface area contributed by atoms with E-state index >= 15 is 0 Å². The van der Waals surface area contributed by atoms with Crippen molar-refractivity contribution in [3.05, 3.63) is 70.9 Å². The molecule has 9 heteroatoms. The summed E-state index contributed by atoms with van der Waals surface area (Å²) in [4.78, 5) is 28.0. The van der Waals surface area contributed by atoms with Crippen molar-refractivity contribution in [2.45, 2.75) is 38.5 Å². The van der Waals surface area contributed by atoms with Gasteiger partial charge in [-0.3, -0.25) is 9.59 Å². The Bertz CT molecular complexity index is 1260. The minimum atomic E-state index is -1.80. The summed E-state index contributed by atoms with van der Waals surface area (Å²) in [5, 5.41) is 7.38. The number of hydrogen-bond acceptors (Lipinski definition) is 9. The number of hydrogen-bond donors (Lipinski definition) is 1. The molecule has 9 nitrogen and oxygen atoms in total. The maximum atomic E-state index is 14.0. The molecule has 2 unspecified atom stereocenters. The van der Waals surface area contributed by atoms with Crippen molar-refractivity contribution in [1.82, 2.24) is 5.16 Å². The number of carbonyl (C=O) groups excluding carboxylic acids is 2. The fraction of sp³-hybridized carbons (Fsp3) is 0.346. The van der Waals surface area contributed by atoms with Gasteiger partial charge in [0.25, 0.3) is 5.79 Å². The van der Waals surface area contributed by atoms with Crippen molar-refractivity contribution in [3.8, 4) is 11.5 Å². The molecular weight excluding hydrogens is 452 g/mol. The van der Waals surface area contributed by atoms with Gasteiger partial charge in [-0.05, 0) is 42.3 Å². The quantitative estimate of drug-likeness (QED) is 0.437. The summed E-state index contributed by atoms with van der Waals surface area (Å²) in [6.45, 7) is 4.84. The Hall–Kier alpha value is -4.01. The summed E-state index contributed by atoms with van der Waals surface area (Å²) in [6.07, 6.45) is 0. The lowest BCUT2D eigenvalue weighted by Crippen LogP contribution is -2.61.